The first-order valence-corrected chi connectivity index (χ1v) is 29.7. The highest BCUT2D eigenvalue weighted by molar-refractivity contribution is 7.13. The number of β-amino-alcohol motifs (C(OH)–C–C–N with tert-alkyl or cyclic N) is 1. The zero-order valence-electron chi connectivity index (χ0n) is 46.4. The van der Waals surface area contributed by atoms with Crippen LogP contribution in [0.2, 0.25) is 0 Å². The van der Waals surface area contributed by atoms with Crippen LogP contribution in [0.1, 0.15) is 121 Å². The monoisotopic (exact) mass is 1090 g/mol. The summed E-state index contributed by atoms with van der Waals surface area (Å²) < 4.78 is 14.7. The van der Waals surface area contributed by atoms with E-state index in [1.807, 2.05) is 87.9 Å². The summed E-state index contributed by atoms with van der Waals surface area (Å²) in [6.07, 6.45) is 12.8. The van der Waals surface area contributed by atoms with Crippen molar-refractivity contribution < 1.29 is 29.1 Å². The lowest BCUT2D eigenvalue weighted by Crippen LogP contribution is -2.52. The topological polar surface area (TPSA) is 217 Å². The molecule has 1 saturated carbocycles. The van der Waals surface area contributed by atoms with Crippen molar-refractivity contribution in [3.63, 3.8) is 0 Å². The van der Waals surface area contributed by atoms with Crippen molar-refractivity contribution in [2.75, 3.05) is 63.0 Å². The third kappa shape index (κ3) is 12.1. The SMILES string of the molecule is Cc1ncsc1-c1ccc([C@H](C)NC(=O)[C@@H]2C[C@@H](O)CN2C(=O)[C@@H](c2cc(N3CCC(CN4CCC(OC5CC(N6CCC([C@H](C)n7cc(-c8cc(-c9ccccc9O)nnc8N)cn7)CC6)C5)CC4)CC3)no2)C(C)C)cc1. The summed E-state index contributed by atoms with van der Waals surface area (Å²) in [6.45, 7) is 17.5. The average molecular weight is 1100 g/mol. The summed E-state index contributed by atoms with van der Waals surface area (Å²) >= 11 is 1.60. The summed E-state index contributed by atoms with van der Waals surface area (Å²) in [6, 6.07) is 18.8. The molecule has 0 bridgehead atoms. The summed E-state index contributed by atoms with van der Waals surface area (Å²) in [7, 11) is 0. The third-order valence-corrected chi connectivity index (χ3v) is 18.9. The Morgan fingerprint density at radius 2 is 1.62 bits per heavy atom. The number of aromatic nitrogens is 6. The number of phenolic OH excluding ortho intramolecular Hbond substituents is 1. The van der Waals surface area contributed by atoms with E-state index in [0.717, 1.165) is 136 Å². The van der Waals surface area contributed by atoms with E-state index in [9.17, 15) is 19.8 Å². The summed E-state index contributed by atoms with van der Waals surface area (Å²) in [5.41, 5.74) is 14.0. The van der Waals surface area contributed by atoms with Gasteiger partial charge in [-0.1, -0.05) is 55.4 Å². The van der Waals surface area contributed by atoms with Gasteiger partial charge in [-0.05, 0) is 132 Å². The fraction of sp³-hybridized carbons (Fsp3) is 0.550. The number of nitrogens with zero attached hydrogens (tertiary/aromatic N) is 10. The minimum atomic E-state index is -0.797. The van der Waals surface area contributed by atoms with Crippen LogP contribution in [0.4, 0.5) is 11.6 Å². The van der Waals surface area contributed by atoms with Crippen molar-refractivity contribution in [1.82, 2.24) is 50.1 Å². The molecule has 19 heteroatoms. The molecule has 11 rings (SSSR count). The molecule has 5 fully saturated rings. The van der Waals surface area contributed by atoms with Gasteiger partial charge in [0.15, 0.2) is 17.4 Å². The molecule has 0 unspecified atom stereocenters. The number of aromatic hydroxyl groups is 1. The van der Waals surface area contributed by atoms with Gasteiger partial charge in [-0.3, -0.25) is 14.3 Å². The van der Waals surface area contributed by atoms with Gasteiger partial charge in [0, 0.05) is 80.7 Å². The molecule has 0 spiro atoms. The number of likely N-dealkylation sites (tertiary alicyclic amines) is 3. The van der Waals surface area contributed by atoms with Crippen molar-refractivity contribution >= 4 is 34.8 Å². The largest absolute Gasteiger partial charge is 0.507 e. The van der Waals surface area contributed by atoms with Crippen LogP contribution >= 0.6 is 11.3 Å². The molecule has 5 N–H and O–H groups in total. The van der Waals surface area contributed by atoms with E-state index < -0.39 is 18.1 Å². The second-order valence-electron chi connectivity index (χ2n) is 23.5. The zero-order chi connectivity index (χ0) is 54.9. The highest BCUT2D eigenvalue weighted by Gasteiger charge is 2.44. The average Bonchev–Trinajstić information content (AvgIpc) is 4.36. The number of anilines is 2. The van der Waals surface area contributed by atoms with Crippen molar-refractivity contribution in [2.24, 2.45) is 17.8 Å². The minimum Gasteiger partial charge on any atom is -0.507 e. The maximum absolute atomic E-state index is 14.4. The van der Waals surface area contributed by atoms with Crippen LogP contribution < -0.4 is 16.0 Å². The number of aryl methyl sites for hydroxylation is 1. The van der Waals surface area contributed by atoms with Gasteiger partial charge >= 0.3 is 0 Å². The molecule has 6 aromatic rings. The Kier molecular flexibility index (Phi) is 16.5. The maximum atomic E-state index is 14.4. The molecule has 4 aliphatic heterocycles. The molecule has 5 aliphatic rings. The number of amides is 2. The number of thiazole rings is 1. The summed E-state index contributed by atoms with van der Waals surface area (Å²) in [5, 5.41) is 42.0. The Labute approximate surface area is 467 Å². The number of benzene rings is 2. The number of carbonyl (C=O) groups excluding carboxylic acids is 2. The first kappa shape index (κ1) is 54.7. The first-order valence-electron chi connectivity index (χ1n) is 28.8. The predicted octanol–water partition coefficient (Wildman–Crippen LogP) is 8.50. The lowest BCUT2D eigenvalue weighted by Gasteiger charge is -2.47. The highest BCUT2D eigenvalue weighted by atomic mass is 32.1. The number of para-hydroxylation sites is 1. The molecular weight excluding hydrogens is 1020 g/mol. The Morgan fingerprint density at radius 3 is 2.33 bits per heavy atom. The molecule has 4 saturated heterocycles. The van der Waals surface area contributed by atoms with Gasteiger partial charge in [-0.15, -0.1) is 21.5 Å². The Morgan fingerprint density at radius 1 is 0.873 bits per heavy atom. The van der Waals surface area contributed by atoms with Crippen LogP contribution in [-0.2, 0) is 14.3 Å². The Hall–Kier alpha value is -6.25. The Balaban J connectivity index is 0.586. The van der Waals surface area contributed by atoms with Gasteiger partial charge in [-0.2, -0.15) is 5.10 Å². The molecule has 420 valence electrons. The van der Waals surface area contributed by atoms with Gasteiger partial charge in [0.25, 0.3) is 0 Å². The van der Waals surface area contributed by atoms with E-state index in [1.165, 1.54) is 0 Å². The van der Waals surface area contributed by atoms with E-state index >= 15 is 0 Å². The molecule has 5 atom stereocenters. The van der Waals surface area contributed by atoms with Gasteiger partial charge in [-0.25, -0.2) is 4.98 Å². The second kappa shape index (κ2) is 23.8. The van der Waals surface area contributed by atoms with Crippen molar-refractivity contribution in [3.05, 3.63) is 95.6 Å². The highest BCUT2D eigenvalue weighted by Crippen LogP contribution is 2.39. The van der Waals surface area contributed by atoms with Crippen LogP contribution in [0, 0.1) is 24.7 Å². The second-order valence-corrected chi connectivity index (χ2v) is 24.4. The number of phenols is 1. The zero-order valence-corrected chi connectivity index (χ0v) is 47.2. The fourth-order valence-electron chi connectivity index (χ4n) is 13.0. The predicted molar refractivity (Wildman–Crippen MR) is 305 cm³/mol. The van der Waals surface area contributed by atoms with Crippen molar-refractivity contribution in [1.29, 1.82) is 0 Å². The molecular formula is C60H78N12O6S. The Bertz CT molecular complexity index is 3020. The number of rotatable bonds is 17. The number of aliphatic hydroxyl groups excluding tert-OH is 1. The minimum absolute atomic E-state index is 0.0904. The normalized spacial score (nSPS) is 23.2. The molecule has 4 aromatic heterocycles. The lowest BCUT2D eigenvalue weighted by molar-refractivity contribution is -0.141. The number of nitrogen functional groups attached to an aromatic ring is 1. The molecule has 0 radical (unpaired) electrons. The number of nitrogens with one attached hydrogen (secondary N) is 1. The van der Waals surface area contributed by atoms with Crippen LogP contribution in [0.3, 0.4) is 0 Å². The molecule has 8 heterocycles. The quantitative estimate of drug-likeness (QED) is 0.0673. The van der Waals surface area contributed by atoms with Crippen LogP contribution in [-0.4, -0.2) is 150 Å². The number of aliphatic hydroxyl groups is 1. The number of piperidine rings is 3. The van der Waals surface area contributed by atoms with Crippen molar-refractivity contribution in [3.8, 4) is 38.6 Å². The number of nitrogens with two attached hydrogens (primary N) is 1. The van der Waals surface area contributed by atoms with Crippen LogP contribution in [0.5, 0.6) is 5.75 Å². The summed E-state index contributed by atoms with van der Waals surface area (Å²) in [4.78, 5) is 42.9. The third-order valence-electron chi connectivity index (χ3n) is 17.9. The van der Waals surface area contributed by atoms with Gasteiger partial charge in [0.2, 0.25) is 11.8 Å². The molecule has 1 aliphatic carbocycles. The number of carbonyl (C=O) groups is 2. The maximum Gasteiger partial charge on any atom is 0.243 e. The lowest BCUT2D eigenvalue weighted by atomic mass is 9.83. The van der Waals surface area contributed by atoms with Crippen molar-refractivity contribution in [2.45, 2.75) is 141 Å². The fourth-order valence-corrected chi connectivity index (χ4v) is 13.8. The molecule has 2 aromatic carbocycles. The molecule has 2 amide bonds. The number of ether oxygens (including phenoxy) is 1. The van der Waals surface area contributed by atoms with E-state index in [-0.39, 0.29) is 48.5 Å². The van der Waals surface area contributed by atoms with Crippen LogP contribution in [0.25, 0.3) is 32.8 Å². The molecule has 79 heavy (non-hydrogen) atoms. The van der Waals surface area contributed by atoms with E-state index in [0.29, 0.717) is 52.9 Å². The van der Waals surface area contributed by atoms with E-state index in [4.69, 9.17) is 20.1 Å². The van der Waals surface area contributed by atoms with Gasteiger partial charge < -0.3 is 50.1 Å². The molecule has 18 nitrogen and oxygen atoms in total. The smallest absolute Gasteiger partial charge is 0.243 e. The summed E-state index contributed by atoms with van der Waals surface area (Å²) in [5.74, 6) is 1.59. The van der Waals surface area contributed by atoms with E-state index in [1.54, 1.807) is 28.4 Å². The first-order chi connectivity index (χ1) is 38.2. The van der Waals surface area contributed by atoms with Crippen LogP contribution in [0.15, 0.2) is 83.1 Å². The number of hydrogen-bond donors (Lipinski definition) is 4. The van der Waals surface area contributed by atoms with E-state index in [2.05, 4.69) is 58.2 Å². The standard InChI is InChI=1S/C60H78N12O6S/c1-36(2)56(60(76)71-34-46(73)28-52(71)59(75)64-37(3)41-10-12-43(13-11-41)57-38(4)62-35-79-57)54-30-55(67-78-54)70-22-14-40(15-23-70)32-68-20-18-47(19-21-68)77-48-26-45(27-48)69-24-16-42(17-25-69)39(5)72-33-44(31-63-72)50-29-51(65-66-58(50)61)49-8-6-7-9-53(49)74/h6-13,29-31,33,35-37,39-40,42,45-48,52,56,73-74H,14-28,32,34H2,1-5H3,(H2,61,66)(H,64,75)/t37-,39-,45?,46+,48?,52-,56+/m0/s1. The number of hydrogen-bond acceptors (Lipinski definition) is 16. The van der Waals surface area contributed by atoms with Gasteiger partial charge in [0.05, 0.1) is 58.4 Å². The van der Waals surface area contributed by atoms with Gasteiger partial charge in [0.1, 0.15) is 17.7 Å².